The van der Waals surface area contributed by atoms with E-state index in [0.29, 0.717) is 42.0 Å². The second kappa shape index (κ2) is 8.16. The molecule has 3 aromatic rings. The maximum Gasteiger partial charge on any atom is 0.278 e. The number of pyridine rings is 1. The summed E-state index contributed by atoms with van der Waals surface area (Å²) >= 11 is 0. The summed E-state index contributed by atoms with van der Waals surface area (Å²) in [6, 6.07) is 9.03. The zero-order valence-electron chi connectivity index (χ0n) is 16.4. The first-order valence-electron chi connectivity index (χ1n) is 9.50. The molecule has 0 saturated heterocycles. The predicted molar refractivity (Wildman–Crippen MR) is 115 cm³/mol. The van der Waals surface area contributed by atoms with Gasteiger partial charge in [-0.15, -0.1) is 0 Å². The van der Waals surface area contributed by atoms with Gasteiger partial charge in [-0.3, -0.25) is 14.6 Å². The number of carbonyl (C=O) groups is 2. The minimum Gasteiger partial charge on any atom is -0.382 e. The maximum absolute atomic E-state index is 12.9. The van der Waals surface area contributed by atoms with E-state index in [9.17, 15) is 9.59 Å². The lowest BCUT2D eigenvalue weighted by molar-refractivity contribution is -0.116. The third-order valence-corrected chi connectivity index (χ3v) is 4.81. The molecule has 30 heavy (non-hydrogen) atoms. The summed E-state index contributed by atoms with van der Waals surface area (Å²) in [6.07, 6.45) is 5.73. The van der Waals surface area contributed by atoms with Gasteiger partial charge in [0, 0.05) is 37.5 Å². The van der Waals surface area contributed by atoms with Gasteiger partial charge in [-0.05, 0) is 24.6 Å². The first-order valence-corrected chi connectivity index (χ1v) is 9.50. The van der Waals surface area contributed by atoms with Crippen LogP contribution in [-0.4, -0.2) is 40.4 Å². The molecule has 0 fully saturated rings. The van der Waals surface area contributed by atoms with Crippen molar-refractivity contribution in [1.82, 2.24) is 15.0 Å². The van der Waals surface area contributed by atoms with Gasteiger partial charge in [0.25, 0.3) is 5.91 Å². The van der Waals surface area contributed by atoms with Gasteiger partial charge in [0.2, 0.25) is 5.91 Å². The number of nitrogens with one attached hydrogen (secondary N) is 2. The molecule has 0 atom stereocenters. The molecule has 2 amide bonds. The van der Waals surface area contributed by atoms with E-state index in [0.717, 1.165) is 5.69 Å². The van der Waals surface area contributed by atoms with Gasteiger partial charge in [0.1, 0.15) is 0 Å². The summed E-state index contributed by atoms with van der Waals surface area (Å²) in [7, 11) is 1.89. The quantitative estimate of drug-likeness (QED) is 0.526. The van der Waals surface area contributed by atoms with Gasteiger partial charge in [0.15, 0.2) is 11.5 Å². The molecular formula is C21H21N7O2. The minimum absolute atomic E-state index is 0.0199. The van der Waals surface area contributed by atoms with Crippen LogP contribution in [0.3, 0.4) is 0 Å². The number of nitrogen functional groups attached to an aromatic ring is 1. The lowest BCUT2D eigenvalue weighted by Crippen LogP contribution is -2.24. The third-order valence-electron chi connectivity index (χ3n) is 4.81. The van der Waals surface area contributed by atoms with Crippen LogP contribution >= 0.6 is 0 Å². The van der Waals surface area contributed by atoms with Gasteiger partial charge >= 0.3 is 0 Å². The van der Waals surface area contributed by atoms with Gasteiger partial charge in [0.05, 0.1) is 29.5 Å². The predicted octanol–water partition coefficient (Wildman–Crippen LogP) is 2.54. The van der Waals surface area contributed by atoms with Crippen molar-refractivity contribution in [3.8, 4) is 11.3 Å². The molecule has 0 saturated carbocycles. The number of rotatable bonds is 0. The number of nitrogens with zero attached hydrogens (tertiary/aromatic N) is 4. The molecule has 4 N–H and O–H groups in total. The van der Waals surface area contributed by atoms with E-state index in [1.807, 2.05) is 24.1 Å². The van der Waals surface area contributed by atoms with Gasteiger partial charge in [-0.2, -0.15) is 0 Å². The Kier molecular flexibility index (Phi) is 5.25. The van der Waals surface area contributed by atoms with Crippen LogP contribution in [0.1, 0.15) is 23.3 Å². The molecule has 0 unspecified atom stereocenters. The zero-order chi connectivity index (χ0) is 21.1. The number of carbonyl (C=O) groups excluding carboxylic acids is 2. The highest BCUT2D eigenvalue weighted by Gasteiger charge is 2.18. The normalized spacial score (nSPS) is 14.5. The third kappa shape index (κ3) is 4.04. The fourth-order valence-electron chi connectivity index (χ4n) is 3.28. The Morgan fingerprint density at radius 1 is 1.13 bits per heavy atom. The van der Waals surface area contributed by atoms with Crippen LogP contribution in [-0.2, 0) is 4.79 Å². The molecule has 2 aromatic heterocycles. The number of fused-ring (bicyclic) bond motifs is 6. The van der Waals surface area contributed by atoms with Crippen molar-refractivity contribution < 1.29 is 9.59 Å². The van der Waals surface area contributed by atoms with Crippen LogP contribution < -0.4 is 21.3 Å². The van der Waals surface area contributed by atoms with Crippen molar-refractivity contribution in [2.75, 3.05) is 34.9 Å². The number of hydrogen-bond donors (Lipinski definition) is 3. The van der Waals surface area contributed by atoms with Crippen molar-refractivity contribution in [2.45, 2.75) is 12.8 Å². The smallest absolute Gasteiger partial charge is 0.278 e. The van der Waals surface area contributed by atoms with Crippen LogP contribution in [0.2, 0.25) is 0 Å². The summed E-state index contributed by atoms with van der Waals surface area (Å²) in [5, 5.41) is 5.74. The lowest BCUT2D eigenvalue weighted by Gasteiger charge is -2.22. The van der Waals surface area contributed by atoms with Crippen LogP contribution in [0.25, 0.3) is 11.3 Å². The lowest BCUT2D eigenvalue weighted by atomic mass is 10.1. The monoisotopic (exact) mass is 403 g/mol. The van der Waals surface area contributed by atoms with E-state index in [1.165, 1.54) is 6.20 Å². The highest BCUT2D eigenvalue weighted by atomic mass is 16.2. The Bertz CT molecular complexity index is 1120. The number of anilines is 4. The molecule has 0 radical (unpaired) electrons. The van der Waals surface area contributed by atoms with E-state index < -0.39 is 5.91 Å². The highest BCUT2D eigenvalue weighted by Crippen LogP contribution is 2.26. The van der Waals surface area contributed by atoms with Gasteiger partial charge in [-0.1, -0.05) is 12.1 Å². The average molecular weight is 403 g/mol. The van der Waals surface area contributed by atoms with Crippen molar-refractivity contribution in [3.63, 3.8) is 0 Å². The average Bonchev–Trinajstić information content (AvgIpc) is 2.74. The summed E-state index contributed by atoms with van der Waals surface area (Å²) < 4.78 is 0. The van der Waals surface area contributed by atoms with Crippen LogP contribution in [0.15, 0.2) is 48.9 Å². The maximum atomic E-state index is 12.9. The van der Waals surface area contributed by atoms with Crippen LogP contribution in [0.5, 0.6) is 0 Å². The van der Waals surface area contributed by atoms with Crippen LogP contribution in [0.4, 0.5) is 22.9 Å². The minimum atomic E-state index is -0.471. The van der Waals surface area contributed by atoms with Crippen molar-refractivity contribution >= 4 is 34.7 Å². The van der Waals surface area contributed by atoms with E-state index in [4.69, 9.17) is 5.73 Å². The van der Waals surface area contributed by atoms with E-state index in [1.54, 1.807) is 30.6 Å². The number of benzene rings is 1. The molecular weight excluding hydrogens is 382 g/mol. The molecule has 9 heteroatoms. The topological polar surface area (TPSA) is 126 Å². The molecule has 9 nitrogen and oxygen atoms in total. The largest absolute Gasteiger partial charge is 0.382 e. The molecule has 0 aliphatic carbocycles. The second-order valence-corrected chi connectivity index (χ2v) is 6.99. The van der Waals surface area contributed by atoms with Gasteiger partial charge < -0.3 is 21.3 Å². The Morgan fingerprint density at radius 3 is 2.87 bits per heavy atom. The Balaban J connectivity index is 1.79. The molecule has 1 aliphatic heterocycles. The molecule has 1 aliphatic rings. The number of nitrogens with two attached hydrogens (primary N) is 1. The molecule has 4 rings (SSSR count). The summed E-state index contributed by atoms with van der Waals surface area (Å²) in [4.78, 5) is 39.9. The fraction of sp³-hybridized carbons (Fsp3) is 0.190. The Hall–Kier alpha value is -4.01. The van der Waals surface area contributed by atoms with Crippen molar-refractivity contribution in [3.05, 3.63) is 54.6 Å². The molecule has 4 bridgehead atoms. The first kappa shape index (κ1) is 19.3. The van der Waals surface area contributed by atoms with Gasteiger partial charge in [-0.25, -0.2) is 9.97 Å². The van der Waals surface area contributed by atoms with Crippen LogP contribution in [0, 0.1) is 0 Å². The summed E-state index contributed by atoms with van der Waals surface area (Å²) in [6.45, 7) is 0.623. The highest BCUT2D eigenvalue weighted by molar-refractivity contribution is 6.07. The first-order chi connectivity index (χ1) is 14.5. The summed E-state index contributed by atoms with van der Waals surface area (Å²) in [5.41, 5.74) is 9.09. The van der Waals surface area contributed by atoms with Crippen molar-refractivity contribution in [2.24, 2.45) is 0 Å². The Labute approximate surface area is 173 Å². The SMILES string of the molecule is CN1CCCC(=O)Nc2cccc(c2)-c2cnc(N)c(n2)C(=O)Nc2cnccc21. The molecule has 3 heterocycles. The molecule has 152 valence electrons. The Morgan fingerprint density at radius 2 is 2.00 bits per heavy atom. The zero-order valence-corrected chi connectivity index (χ0v) is 16.4. The van der Waals surface area contributed by atoms with E-state index in [-0.39, 0.29) is 17.4 Å². The van der Waals surface area contributed by atoms with Crippen molar-refractivity contribution in [1.29, 1.82) is 0 Å². The molecule has 1 aromatic carbocycles. The number of amides is 2. The van der Waals surface area contributed by atoms with E-state index in [2.05, 4.69) is 25.6 Å². The summed E-state index contributed by atoms with van der Waals surface area (Å²) in [5.74, 6) is -0.512. The number of aromatic nitrogens is 3. The van der Waals surface area contributed by atoms with E-state index >= 15 is 0 Å². The molecule has 0 spiro atoms. The fourth-order valence-corrected chi connectivity index (χ4v) is 3.28. The standard InChI is InChI=1S/C21H21N7O2/c1-28-9-3-6-18(29)25-14-5-2-4-13(10-14)15-12-24-20(22)19(26-15)21(30)27-16-11-23-8-7-17(16)28/h2,4-5,7-8,10-12H,3,6,9H2,1H3,(H2,22,24)(H,25,29)(H,27,30). The second-order valence-electron chi connectivity index (χ2n) is 6.99. The number of hydrogen-bond acceptors (Lipinski definition) is 7.